The molecule has 2 aromatic carbocycles. The molecule has 0 unspecified atom stereocenters. The van der Waals surface area contributed by atoms with Crippen molar-refractivity contribution < 1.29 is 26.2 Å². The molecule has 2 aromatic rings. The summed E-state index contributed by atoms with van der Waals surface area (Å²) in [4.78, 5) is 0. The minimum absolute atomic E-state index is 0. The number of hydrogen-bond acceptors (Lipinski definition) is 0. The van der Waals surface area contributed by atoms with E-state index in [4.69, 9.17) is 0 Å². The van der Waals surface area contributed by atoms with Gasteiger partial charge in [-0.1, -0.05) is 60.7 Å². The molecule has 104 valence electrons. The molecular formula is C20H20Zr. The predicted molar refractivity (Wildman–Crippen MR) is 90.8 cm³/mol. The van der Waals surface area contributed by atoms with Crippen LogP contribution >= 0.6 is 0 Å². The second-order valence-corrected chi connectivity index (χ2v) is 3.78. The quantitative estimate of drug-likeness (QED) is 0.382. The van der Waals surface area contributed by atoms with Crippen LogP contribution in [0.15, 0.2) is 84.3 Å². The minimum Gasteiger partial charge on any atom is -0.358 e. The fourth-order valence-corrected chi connectivity index (χ4v) is 1.48. The number of allylic oxidation sites excluding steroid dienone is 2. The van der Waals surface area contributed by atoms with Crippen molar-refractivity contribution in [3.8, 4) is 0 Å². The summed E-state index contributed by atoms with van der Waals surface area (Å²) in [6, 6.07) is 20.2. The Hall–Kier alpha value is -1.64. The van der Waals surface area contributed by atoms with Gasteiger partial charge in [0, 0.05) is 0 Å². The Balaban J connectivity index is 0. The van der Waals surface area contributed by atoms with Crippen molar-refractivity contribution in [2.75, 3.05) is 0 Å². The maximum Gasteiger partial charge on any atom is 2.00 e. The van der Waals surface area contributed by atoms with Gasteiger partial charge in [0.05, 0.1) is 0 Å². The molecule has 0 aliphatic heterocycles. The summed E-state index contributed by atoms with van der Waals surface area (Å²) in [6.45, 7) is 0. The van der Waals surface area contributed by atoms with E-state index in [1.54, 1.807) is 0 Å². The fraction of sp³-hybridized carbons (Fsp3) is 0. The second-order valence-electron chi connectivity index (χ2n) is 3.78. The molecular weight excluding hydrogens is 331 g/mol. The third-order valence-corrected chi connectivity index (χ3v) is 2.37. The molecule has 0 aliphatic rings. The van der Waals surface area contributed by atoms with Crippen molar-refractivity contribution in [3.05, 3.63) is 110 Å². The van der Waals surface area contributed by atoms with Gasteiger partial charge in [-0.25, -0.2) is 0 Å². The van der Waals surface area contributed by atoms with E-state index >= 15 is 0 Å². The van der Waals surface area contributed by atoms with Gasteiger partial charge in [0.15, 0.2) is 0 Å². The molecule has 0 aliphatic carbocycles. The van der Waals surface area contributed by atoms with Gasteiger partial charge in [-0.2, -0.15) is 0 Å². The Bertz CT molecular complexity index is 539. The summed E-state index contributed by atoms with van der Waals surface area (Å²) in [7, 11) is 0. The van der Waals surface area contributed by atoms with Crippen LogP contribution in [0.4, 0.5) is 0 Å². The first-order valence-electron chi connectivity index (χ1n) is 5.89. The first-order valence-corrected chi connectivity index (χ1v) is 5.89. The van der Waals surface area contributed by atoms with Crippen molar-refractivity contribution in [2.24, 2.45) is 0 Å². The summed E-state index contributed by atoms with van der Waals surface area (Å²) in [5.41, 5.74) is 8.49. The molecule has 0 aromatic heterocycles. The Kier molecular flexibility index (Phi) is 13.8. The van der Waals surface area contributed by atoms with Crippen molar-refractivity contribution >= 4 is 12.2 Å². The Morgan fingerprint density at radius 3 is 1.24 bits per heavy atom. The molecule has 0 fully saturated rings. The van der Waals surface area contributed by atoms with Crippen LogP contribution in [0.2, 0.25) is 0 Å². The third kappa shape index (κ3) is 9.01. The van der Waals surface area contributed by atoms with Crippen molar-refractivity contribution in [2.45, 2.75) is 0 Å². The molecule has 0 spiro atoms. The number of hydrogen-bond donors (Lipinski definition) is 0. The van der Waals surface area contributed by atoms with Crippen LogP contribution in [0.5, 0.6) is 0 Å². The summed E-state index contributed by atoms with van der Waals surface area (Å²) >= 11 is 0. The minimum atomic E-state index is 0. The maximum atomic E-state index is 3.10. The fourth-order valence-electron chi connectivity index (χ4n) is 1.48. The normalized spacial score (nSPS) is 7.43. The zero-order chi connectivity index (χ0) is 12.5. The summed E-state index contributed by atoms with van der Waals surface area (Å²) < 4.78 is 0. The Morgan fingerprint density at radius 1 is 0.571 bits per heavy atom. The molecule has 0 saturated carbocycles. The van der Waals surface area contributed by atoms with Crippen molar-refractivity contribution in [3.63, 3.8) is 0 Å². The molecule has 0 heterocycles. The Labute approximate surface area is 148 Å². The van der Waals surface area contributed by atoms with Gasteiger partial charge < -0.3 is 14.9 Å². The van der Waals surface area contributed by atoms with Gasteiger partial charge in [0.25, 0.3) is 0 Å². The SMILES string of the molecule is C(=CC=C=Cc1ccccc1)=Cc1ccccc1.[CH3-].[CH3-].[Zr+2]. The van der Waals surface area contributed by atoms with E-state index in [-0.39, 0.29) is 41.1 Å². The van der Waals surface area contributed by atoms with E-state index in [1.165, 1.54) is 0 Å². The molecule has 0 radical (unpaired) electrons. The molecule has 0 amide bonds. The monoisotopic (exact) mass is 350 g/mol. The van der Waals surface area contributed by atoms with Crippen LogP contribution in [0.25, 0.3) is 12.2 Å². The average Bonchev–Trinajstić information content (AvgIpc) is 2.45. The second kappa shape index (κ2) is 13.4. The molecule has 0 N–H and O–H groups in total. The molecule has 0 saturated heterocycles. The van der Waals surface area contributed by atoms with Gasteiger partial charge in [-0.15, -0.1) is 11.5 Å². The van der Waals surface area contributed by atoms with Crippen LogP contribution in [-0.2, 0) is 26.2 Å². The van der Waals surface area contributed by atoms with Crippen LogP contribution in [0.1, 0.15) is 11.1 Å². The average molecular weight is 352 g/mol. The maximum absolute atomic E-state index is 3.10. The van der Waals surface area contributed by atoms with Gasteiger partial charge in [0.1, 0.15) is 0 Å². The molecule has 21 heavy (non-hydrogen) atoms. The van der Waals surface area contributed by atoms with E-state index < -0.39 is 0 Å². The number of benzene rings is 2. The van der Waals surface area contributed by atoms with E-state index in [0.717, 1.165) is 11.1 Å². The topological polar surface area (TPSA) is 0 Å². The molecule has 1 heteroatoms. The standard InChI is InChI=1S/C18H14.2CH3.Zr/c1(5-11-17-13-7-3-8-14-17)2-6-12-18-15-9-4-10-16-18;;;/h1-4,7-16H;2*1H3;/q;2*-1;+2. The largest absolute Gasteiger partial charge is 2.00 e. The smallest absolute Gasteiger partial charge is 0.358 e. The summed E-state index contributed by atoms with van der Waals surface area (Å²) in [6.07, 6.45) is 7.60. The van der Waals surface area contributed by atoms with Crippen LogP contribution in [0.3, 0.4) is 0 Å². The summed E-state index contributed by atoms with van der Waals surface area (Å²) in [5.74, 6) is 0. The molecule has 0 nitrogen and oxygen atoms in total. The van der Waals surface area contributed by atoms with Crippen LogP contribution < -0.4 is 0 Å². The van der Waals surface area contributed by atoms with E-state index in [0.29, 0.717) is 0 Å². The molecule has 0 atom stereocenters. The van der Waals surface area contributed by atoms with E-state index in [9.17, 15) is 0 Å². The van der Waals surface area contributed by atoms with Gasteiger partial charge >= 0.3 is 26.2 Å². The van der Waals surface area contributed by atoms with E-state index in [2.05, 4.69) is 11.5 Å². The summed E-state index contributed by atoms with van der Waals surface area (Å²) in [5, 5.41) is 0. The zero-order valence-corrected chi connectivity index (χ0v) is 15.0. The first-order chi connectivity index (χ1) is 8.95. The van der Waals surface area contributed by atoms with E-state index in [1.807, 2.05) is 85.0 Å². The zero-order valence-electron chi connectivity index (χ0n) is 12.6. The Morgan fingerprint density at radius 2 is 0.905 bits per heavy atom. The van der Waals surface area contributed by atoms with Crippen LogP contribution in [-0.4, -0.2) is 0 Å². The van der Waals surface area contributed by atoms with Gasteiger partial charge in [-0.05, 0) is 35.4 Å². The van der Waals surface area contributed by atoms with Gasteiger partial charge in [-0.3, -0.25) is 0 Å². The van der Waals surface area contributed by atoms with Crippen molar-refractivity contribution in [1.82, 2.24) is 0 Å². The predicted octanol–water partition coefficient (Wildman–Crippen LogP) is 5.62. The van der Waals surface area contributed by atoms with Crippen molar-refractivity contribution in [1.29, 1.82) is 0 Å². The van der Waals surface area contributed by atoms with Crippen LogP contribution in [0, 0.1) is 14.9 Å². The first kappa shape index (κ1) is 21.7. The third-order valence-electron chi connectivity index (χ3n) is 2.37. The molecule has 2 rings (SSSR count). The number of rotatable bonds is 3. The molecule has 0 bridgehead atoms. The van der Waals surface area contributed by atoms with Gasteiger partial charge in [0.2, 0.25) is 0 Å².